The van der Waals surface area contributed by atoms with Gasteiger partial charge in [0, 0.05) is 25.0 Å². The van der Waals surface area contributed by atoms with Crippen LogP contribution >= 0.6 is 0 Å². The smallest absolute Gasteiger partial charge is 0.0766 e. The van der Waals surface area contributed by atoms with Gasteiger partial charge < -0.3 is 20.5 Å². The Morgan fingerprint density at radius 1 is 1.33 bits per heavy atom. The van der Waals surface area contributed by atoms with Crippen LogP contribution in [0.1, 0.15) is 39.0 Å². The summed E-state index contributed by atoms with van der Waals surface area (Å²) in [5, 5.41) is 11.2. The van der Waals surface area contributed by atoms with Crippen molar-refractivity contribution in [3.05, 3.63) is 0 Å². The molecule has 3 saturated heterocycles. The molecule has 0 radical (unpaired) electrons. The summed E-state index contributed by atoms with van der Waals surface area (Å²) in [6.07, 6.45) is 5.47. The van der Waals surface area contributed by atoms with Crippen LogP contribution in [0, 0.1) is 5.41 Å². The van der Waals surface area contributed by atoms with Gasteiger partial charge in [-0.05, 0) is 38.6 Å². The zero-order chi connectivity index (χ0) is 12.8. The highest BCUT2D eigenvalue weighted by atomic mass is 16.5. The SMILES string of the molecule is CCN1CCC(O)(C2(CN)CC3CCC2O3)CC1. The Bertz CT molecular complexity index is 315. The highest BCUT2D eigenvalue weighted by molar-refractivity contribution is 5.12. The summed E-state index contributed by atoms with van der Waals surface area (Å²) in [6.45, 7) is 5.81. The minimum Gasteiger partial charge on any atom is -0.389 e. The lowest BCUT2D eigenvalue weighted by molar-refractivity contribution is -0.140. The molecule has 0 aromatic rings. The van der Waals surface area contributed by atoms with Crippen LogP contribution in [-0.4, -0.2) is 54.0 Å². The molecule has 4 heteroatoms. The topological polar surface area (TPSA) is 58.7 Å². The fourth-order valence-corrected chi connectivity index (χ4v) is 4.43. The van der Waals surface area contributed by atoms with Gasteiger partial charge in [-0.2, -0.15) is 0 Å². The van der Waals surface area contributed by atoms with Crippen molar-refractivity contribution >= 4 is 0 Å². The van der Waals surface area contributed by atoms with Gasteiger partial charge in [0.1, 0.15) is 0 Å². The van der Waals surface area contributed by atoms with E-state index in [9.17, 15) is 5.11 Å². The Kier molecular flexibility index (Phi) is 3.17. The molecule has 0 aliphatic carbocycles. The number of fused-ring (bicyclic) bond motifs is 2. The summed E-state index contributed by atoms with van der Waals surface area (Å²) < 4.78 is 6.00. The summed E-state index contributed by atoms with van der Waals surface area (Å²) in [4.78, 5) is 2.41. The second-order valence-corrected chi connectivity index (χ2v) is 6.35. The Morgan fingerprint density at radius 2 is 2.06 bits per heavy atom. The zero-order valence-corrected chi connectivity index (χ0v) is 11.4. The van der Waals surface area contributed by atoms with Gasteiger partial charge in [0.15, 0.2) is 0 Å². The van der Waals surface area contributed by atoms with Gasteiger partial charge in [0.25, 0.3) is 0 Å². The number of piperidine rings is 1. The van der Waals surface area contributed by atoms with Crippen LogP contribution in [0.15, 0.2) is 0 Å². The number of nitrogens with two attached hydrogens (primary N) is 1. The van der Waals surface area contributed by atoms with Crippen LogP contribution in [-0.2, 0) is 4.74 Å². The van der Waals surface area contributed by atoms with Crippen molar-refractivity contribution in [1.82, 2.24) is 4.90 Å². The fraction of sp³-hybridized carbons (Fsp3) is 1.00. The molecule has 3 rings (SSSR count). The lowest BCUT2D eigenvalue weighted by Gasteiger charge is -2.51. The maximum absolute atomic E-state index is 11.2. The molecular formula is C14H26N2O2. The molecule has 18 heavy (non-hydrogen) atoms. The molecule has 0 spiro atoms. The van der Waals surface area contributed by atoms with Crippen molar-refractivity contribution in [3.8, 4) is 0 Å². The molecule has 3 aliphatic heterocycles. The fourth-order valence-electron chi connectivity index (χ4n) is 4.43. The minimum atomic E-state index is -0.604. The first-order chi connectivity index (χ1) is 8.63. The summed E-state index contributed by atoms with van der Waals surface area (Å²) >= 11 is 0. The molecule has 2 bridgehead atoms. The molecule has 3 fully saturated rings. The van der Waals surface area contributed by atoms with Gasteiger partial charge in [-0.1, -0.05) is 6.92 Å². The normalized spacial score (nSPS) is 43.5. The van der Waals surface area contributed by atoms with Gasteiger partial charge in [0.2, 0.25) is 0 Å². The Balaban J connectivity index is 1.80. The Hall–Kier alpha value is -0.160. The van der Waals surface area contributed by atoms with Crippen molar-refractivity contribution in [2.75, 3.05) is 26.2 Å². The molecule has 3 aliphatic rings. The quantitative estimate of drug-likeness (QED) is 0.779. The predicted molar refractivity (Wildman–Crippen MR) is 70.3 cm³/mol. The van der Waals surface area contributed by atoms with E-state index in [2.05, 4.69) is 11.8 Å². The molecule has 4 nitrogen and oxygen atoms in total. The number of hydrogen-bond donors (Lipinski definition) is 2. The maximum Gasteiger partial charge on any atom is 0.0766 e. The first-order valence-electron chi connectivity index (χ1n) is 7.44. The summed E-state index contributed by atoms with van der Waals surface area (Å²) in [5.74, 6) is 0. The van der Waals surface area contributed by atoms with E-state index in [1.165, 1.54) is 0 Å². The molecule has 104 valence electrons. The minimum absolute atomic E-state index is 0.171. The third-order valence-electron chi connectivity index (χ3n) is 5.74. The van der Waals surface area contributed by atoms with E-state index in [4.69, 9.17) is 10.5 Å². The van der Waals surface area contributed by atoms with Gasteiger partial charge in [0.05, 0.1) is 17.8 Å². The molecule has 3 N–H and O–H groups in total. The third kappa shape index (κ3) is 1.66. The van der Waals surface area contributed by atoms with Gasteiger partial charge >= 0.3 is 0 Å². The van der Waals surface area contributed by atoms with Gasteiger partial charge in [-0.3, -0.25) is 0 Å². The van der Waals surface area contributed by atoms with Crippen LogP contribution in [0.3, 0.4) is 0 Å². The van der Waals surface area contributed by atoms with E-state index in [-0.39, 0.29) is 11.5 Å². The maximum atomic E-state index is 11.2. The Labute approximate surface area is 109 Å². The van der Waals surface area contributed by atoms with Crippen LogP contribution in [0.2, 0.25) is 0 Å². The van der Waals surface area contributed by atoms with E-state index in [0.29, 0.717) is 12.6 Å². The van der Waals surface area contributed by atoms with Crippen LogP contribution < -0.4 is 5.73 Å². The predicted octanol–water partition coefficient (Wildman–Crippen LogP) is 0.730. The highest BCUT2D eigenvalue weighted by Gasteiger charge is 2.62. The van der Waals surface area contributed by atoms with E-state index in [1.807, 2.05) is 0 Å². The van der Waals surface area contributed by atoms with Crippen molar-refractivity contribution in [3.63, 3.8) is 0 Å². The van der Waals surface area contributed by atoms with E-state index in [0.717, 1.165) is 51.7 Å². The number of ether oxygens (including phenoxy) is 1. The van der Waals surface area contributed by atoms with Crippen LogP contribution in [0.25, 0.3) is 0 Å². The van der Waals surface area contributed by atoms with Crippen molar-refractivity contribution in [1.29, 1.82) is 0 Å². The molecule has 3 heterocycles. The summed E-state index contributed by atoms with van der Waals surface area (Å²) in [6, 6.07) is 0. The molecule has 0 amide bonds. The molecule has 0 aromatic carbocycles. The number of nitrogens with zero attached hydrogens (tertiary/aromatic N) is 1. The Morgan fingerprint density at radius 3 is 2.50 bits per heavy atom. The average molecular weight is 254 g/mol. The second-order valence-electron chi connectivity index (χ2n) is 6.35. The van der Waals surface area contributed by atoms with E-state index in [1.54, 1.807) is 0 Å². The average Bonchev–Trinajstić information content (AvgIpc) is 3.00. The monoisotopic (exact) mass is 254 g/mol. The largest absolute Gasteiger partial charge is 0.389 e. The zero-order valence-electron chi connectivity index (χ0n) is 11.4. The number of aliphatic hydroxyl groups is 1. The molecular weight excluding hydrogens is 228 g/mol. The second kappa shape index (κ2) is 4.44. The first-order valence-corrected chi connectivity index (χ1v) is 7.44. The highest BCUT2D eigenvalue weighted by Crippen LogP contribution is 2.55. The summed E-state index contributed by atoms with van der Waals surface area (Å²) in [7, 11) is 0. The molecule has 0 saturated carbocycles. The molecule has 0 aromatic heterocycles. The first kappa shape index (κ1) is 12.9. The lowest BCUT2D eigenvalue weighted by Crippen LogP contribution is -2.61. The van der Waals surface area contributed by atoms with E-state index >= 15 is 0 Å². The van der Waals surface area contributed by atoms with Crippen molar-refractivity contribution < 1.29 is 9.84 Å². The molecule has 3 atom stereocenters. The van der Waals surface area contributed by atoms with Crippen LogP contribution in [0.5, 0.6) is 0 Å². The number of rotatable bonds is 3. The number of likely N-dealkylation sites (tertiary alicyclic amines) is 1. The third-order valence-corrected chi connectivity index (χ3v) is 5.74. The number of hydrogen-bond acceptors (Lipinski definition) is 4. The van der Waals surface area contributed by atoms with Gasteiger partial charge in [-0.25, -0.2) is 0 Å². The standard InChI is InChI=1S/C14H26N2O2/c1-2-16-7-5-14(17,6-8-16)13(10-15)9-11-3-4-12(13)18-11/h11-12,17H,2-10,15H2,1H3. The van der Waals surface area contributed by atoms with Crippen LogP contribution in [0.4, 0.5) is 0 Å². The van der Waals surface area contributed by atoms with Crippen molar-refractivity contribution in [2.24, 2.45) is 11.1 Å². The van der Waals surface area contributed by atoms with Crippen molar-refractivity contribution in [2.45, 2.75) is 56.8 Å². The van der Waals surface area contributed by atoms with E-state index < -0.39 is 5.60 Å². The van der Waals surface area contributed by atoms with Gasteiger partial charge in [-0.15, -0.1) is 0 Å². The summed E-state index contributed by atoms with van der Waals surface area (Å²) in [5.41, 5.74) is 5.31. The molecule has 3 unspecified atom stereocenters. The lowest BCUT2D eigenvalue weighted by atomic mass is 9.60.